The summed E-state index contributed by atoms with van der Waals surface area (Å²) in [6.45, 7) is 8.84. The number of aromatic hydroxyl groups is 1. The first-order valence-corrected chi connectivity index (χ1v) is 7.43. The summed E-state index contributed by atoms with van der Waals surface area (Å²) in [6.07, 6.45) is 3.11. The molecule has 2 atom stereocenters. The summed E-state index contributed by atoms with van der Waals surface area (Å²) >= 11 is 3.81. The Morgan fingerprint density at radius 1 is 1.39 bits per heavy atom. The predicted molar refractivity (Wildman–Crippen MR) is 80.2 cm³/mol. The van der Waals surface area contributed by atoms with Gasteiger partial charge >= 0.3 is 0 Å². The van der Waals surface area contributed by atoms with E-state index in [-0.39, 0.29) is 5.41 Å². The molecule has 18 heavy (non-hydrogen) atoms. The first-order chi connectivity index (χ1) is 8.43. The van der Waals surface area contributed by atoms with Crippen LogP contribution in [-0.4, -0.2) is 9.93 Å². The Balaban J connectivity index is 2.26. The van der Waals surface area contributed by atoms with Crippen LogP contribution in [0.4, 0.5) is 0 Å². The van der Waals surface area contributed by atoms with Crippen molar-refractivity contribution < 1.29 is 5.11 Å². The highest BCUT2D eigenvalue weighted by Crippen LogP contribution is 2.48. The largest absolute Gasteiger partial charge is 0.508 e. The molecule has 0 saturated heterocycles. The third-order valence-corrected chi connectivity index (χ3v) is 5.97. The molecule has 0 aliphatic heterocycles. The Hall–Kier alpha value is -0.760. The van der Waals surface area contributed by atoms with Gasteiger partial charge in [-0.15, -0.1) is 0 Å². The number of phenols is 1. The lowest BCUT2D eigenvalue weighted by Crippen LogP contribution is -2.39. The standard InChI is InChI=1S/C16H21BrO/c1-11-8-9-15(17)16(2,3)13(11)10-12-6-4-5-7-14(12)18/h4-7,13,15,18H,1,8-10H2,2-3H3/t13-,15+/m0/s1. The summed E-state index contributed by atoms with van der Waals surface area (Å²) in [6, 6.07) is 7.63. The Morgan fingerprint density at radius 3 is 2.72 bits per heavy atom. The van der Waals surface area contributed by atoms with E-state index < -0.39 is 0 Å². The molecule has 1 aliphatic rings. The van der Waals surface area contributed by atoms with Gasteiger partial charge < -0.3 is 5.11 Å². The fourth-order valence-corrected chi connectivity index (χ4v) is 3.46. The van der Waals surface area contributed by atoms with Crippen LogP contribution in [0, 0.1) is 11.3 Å². The van der Waals surface area contributed by atoms with Gasteiger partial charge in [-0.25, -0.2) is 0 Å². The summed E-state index contributed by atoms with van der Waals surface area (Å²) < 4.78 is 0. The first kappa shape index (κ1) is 13.7. The van der Waals surface area contributed by atoms with Crippen molar-refractivity contribution >= 4 is 15.9 Å². The number of alkyl halides is 1. The number of rotatable bonds is 2. The third kappa shape index (κ3) is 2.49. The molecule has 1 aromatic carbocycles. The van der Waals surface area contributed by atoms with Gasteiger partial charge in [0.2, 0.25) is 0 Å². The predicted octanol–water partition coefficient (Wildman–Crippen LogP) is 4.69. The van der Waals surface area contributed by atoms with Gasteiger partial charge in [0.15, 0.2) is 0 Å². The van der Waals surface area contributed by atoms with Crippen molar-refractivity contribution in [2.45, 2.75) is 37.9 Å². The minimum absolute atomic E-state index is 0.178. The zero-order valence-electron chi connectivity index (χ0n) is 11.1. The Labute approximate surface area is 118 Å². The van der Waals surface area contributed by atoms with Crippen molar-refractivity contribution in [1.29, 1.82) is 0 Å². The van der Waals surface area contributed by atoms with E-state index in [0.717, 1.165) is 24.8 Å². The van der Waals surface area contributed by atoms with Gasteiger partial charge in [0.1, 0.15) is 5.75 Å². The third-order valence-electron chi connectivity index (χ3n) is 4.33. The molecule has 1 N–H and O–H groups in total. The van der Waals surface area contributed by atoms with Gasteiger partial charge in [-0.2, -0.15) is 0 Å². The van der Waals surface area contributed by atoms with Crippen LogP contribution in [0.3, 0.4) is 0 Å². The van der Waals surface area contributed by atoms with Gasteiger partial charge in [0.05, 0.1) is 0 Å². The van der Waals surface area contributed by atoms with Crippen molar-refractivity contribution in [3.05, 3.63) is 42.0 Å². The molecule has 1 fully saturated rings. The molecule has 0 amide bonds. The molecule has 2 heteroatoms. The second-order valence-electron chi connectivity index (χ2n) is 5.87. The molecule has 0 aromatic heterocycles. The lowest BCUT2D eigenvalue weighted by atomic mass is 9.64. The van der Waals surface area contributed by atoms with Crippen LogP contribution in [-0.2, 0) is 6.42 Å². The number of hydrogen-bond acceptors (Lipinski definition) is 1. The van der Waals surface area contributed by atoms with Gasteiger partial charge in [0.25, 0.3) is 0 Å². The smallest absolute Gasteiger partial charge is 0.118 e. The van der Waals surface area contributed by atoms with Crippen LogP contribution in [0.2, 0.25) is 0 Å². The molecule has 98 valence electrons. The maximum absolute atomic E-state index is 9.92. The van der Waals surface area contributed by atoms with Crippen molar-refractivity contribution in [3.63, 3.8) is 0 Å². The molecular formula is C16H21BrO. The number of benzene rings is 1. The van der Waals surface area contributed by atoms with Crippen LogP contribution in [0.15, 0.2) is 36.4 Å². The highest BCUT2D eigenvalue weighted by molar-refractivity contribution is 9.09. The van der Waals surface area contributed by atoms with Crippen LogP contribution in [0.5, 0.6) is 5.75 Å². The van der Waals surface area contributed by atoms with E-state index in [4.69, 9.17) is 0 Å². The monoisotopic (exact) mass is 308 g/mol. The molecule has 0 radical (unpaired) electrons. The average Bonchev–Trinajstić information content (AvgIpc) is 2.32. The van der Waals surface area contributed by atoms with Crippen LogP contribution in [0.1, 0.15) is 32.3 Å². The molecule has 1 saturated carbocycles. The highest BCUT2D eigenvalue weighted by Gasteiger charge is 2.40. The van der Waals surface area contributed by atoms with Crippen molar-refractivity contribution in [3.8, 4) is 5.75 Å². The van der Waals surface area contributed by atoms with E-state index in [2.05, 4.69) is 36.4 Å². The van der Waals surface area contributed by atoms with E-state index >= 15 is 0 Å². The molecule has 0 unspecified atom stereocenters. The normalized spacial score (nSPS) is 27.2. The molecule has 0 heterocycles. The zero-order chi connectivity index (χ0) is 13.3. The molecule has 2 rings (SSSR count). The fraction of sp³-hybridized carbons (Fsp3) is 0.500. The quantitative estimate of drug-likeness (QED) is 0.620. The molecular weight excluding hydrogens is 288 g/mol. The number of halogens is 1. The average molecular weight is 309 g/mol. The number of allylic oxidation sites excluding steroid dienone is 1. The number of phenolic OH excluding ortho intramolecular Hbond substituents is 1. The highest BCUT2D eigenvalue weighted by atomic mass is 79.9. The lowest BCUT2D eigenvalue weighted by Gasteiger charge is -2.44. The van der Waals surface area contributed by atoms with Gasteiger partial charge in [-0.1, -0.05) is 60.1 Å². The Kier molecular flexibility index (Phi) is 3.86. The van der Waals surface area contributed by atoms with Crippen molar-refractivity contribution in [2.24, 2.45) is 11.3 Å². The van der Waals surface area contributed by atoms with Crippen LogP contribution < -0.4 is 0 Å². The minimum atomic E-state index is 0.178. The van der Waals surface area contributed by atoms with E-state index in [0.29, 0.717) is 16.5 Å². The lowest BCUT2D eigenvalue weighted by molar-refractivity contribution is 0.202. The SMILES string of the molecule is C=C1CC[C@@H](Br)C(C)(C)[C@H]1Cc1ccccc1O. The van der Waals surface area contributed by atoms with Crippen LogP contribution in [0.25, 0.3) is 0 Å². The minimum Gasteiger partial charge on any atom is -0.508 e. The van der Waals surface area contributed by atoms with E-state index in [1.807, 2.05) is 18.2 Å². The number of para-hydroxylation sites is 1. The molecule has 1 nitrogen and oxygen atoms in total. The first-order valence-electron chi connectivity index (χ1n) is 6.51. The summed E-state index contributed by atoms with van der Waals surface area (Å²) in [4.78, 5) is 0.520. The van der Waals surface area contributed by atoms with E-state index in [1.165, 1.54) is 5.57 Å². The van der Waals surface area contributed by atoms with Gasteiger partial charge in [-0.05, 0) is 42.2 Å². The summed E-state index contributed by atoms with van der Waals surface area (Å²) in [5.74, 6) is 0.821. The second kappa shape index (κ2) is 5.08. The van der Waals surface area contributed by atoms with Gasteiger partial charge in [0, 0.05) is 4.83 Å². The maximum Gasteiger partial charge on any atom is 0.118 e. The van der Waals surface area contributed by atoms with Gasteiger partial charge in [-0.3, -0.25) is 0 Å². The molecule has 1 aromatic rings. The Bertz CT molecular complexity index is 450. The summed E-state index contributed by atoms with van der Waals surface area (Å²) in [5, 5.41) is 9.92. The van der Waals surface area contributed by atoms with Crippen LogP contribution >= 0.6 is 15.9 Å². The maximum atomic E-state index is 9.92. The van der Waals surface area contributed by atoms with E-state index in [9.17, 15) is 5.11 Å². The summed E-state index contributed by atoms with van der Waals surface area (Å²) in [5.41, 5.74) is 2.52. The zero-order valence-corrected chi connectivity index (χ0v) is 12.7. The summed E-state index contributed by atoms with van der Waals surface area (Å²) in [7, 11) is 0. The molecule has 0 bridgehead atoms. The molecule has 1 aliphatic carbocycles. The number of hydrogen-bond donors (Lipinski definition) is 1. The van der Waals surface area contributed by atoms with Crippen molar-refractivity contribution in [1.82, 2.24) is 0 Å². The van der Waals surface area contributed by atoms with Crippen molar-refractivity contribution in [2.75, 3.05) is 0 Å². The molecule has 0 spiro atoms. The van der Waals surface area contributed by atoms with E-state index in [1.54, 1.807) is 6.07 Å². The fourth-order valence-electron chi connectivity index (χ4n) is 2.91. The Morgan fingerprint density at radius 2 is 2.06 bits per heavy atom. The topological polar surface area (TPSA) is 20.2 Å². The second-order valence-corrected chi connectivity index (χ2v) is 6.98.